The molecule has 0 aromatic rings. The fraction of sp³-hybridized carbons (Fsp3) is 0.769. The van der Waals surface area contributed by atoms with E-state index in [1.54, 1.807) is 6.08 Å². The van der Waals surface area contributed by atoms with E-state index in [2.05, 4.69) is 4.74 Å². The van der Waals surface area contributed by atoms with Crippen LogP contribution in [-0.4, -0.2) is 23.8 Å². The summed E-state index contributed by atoms with van der Waals surface area (Å²) in [4.78, 5) is 11.1. The quantitative estimate of drug-likeness (QED) is 0.580. The van der Waals surface area contributed by atoms with Crippen LogP contribution in [0.2, 0.25) is 0 Å². The average Bonchev–Trinajstić information content (AvgIpc) is 2.22. The van der Waals surface area contributed by atoms with Gasteiger partial charge in [0.15, 0.2) is 0 Å². The Morgan fingerprint density at radius 2 is 2.12 bits per heavy atom. The topological polar surface area (TPSA) is 46.5 Å². The highest BCUT2D eigenvalue weighted by Gasteiger charge is 2.47. The van der Waals surface area contributed by atoms with E-state index in [0.717, 1.165) is 19.3 Å². The second-order valence-corrected chi connectivity index (χ2v) is 5.36. The molecule has 1 aliphatic rings. The summed E-state index contributed by atoms with van der Waals surface area (Å²) in [5.74, 6) is -0.251. The minimum absolute atomic E-state index is 0.164. The average molecular weight is 226 g/mol. The molecule has 3 heteroatoms. The summed E-state index contributed by atoms with van der Waals surface area (Å²) in [7, 11) is 1.34. The Morgan fingerprint density at radius 3 is 2.62 bits per heavy atom. The molecule has 0 heterocycles. The minimum Gasteiger partial charge on any atom is -0.466 e. The molecule has 92 valence electrons. The van der Waals surface area contributed by atoms with Crippen LogP contribution >= 0.6 is 0 Å². The Morgan fingerprint density at radius 1 is 1.50 bits per heavy atom. The van der Waals surface area contributed by atoms with Gasteiger partial charge >= 0.3 is 5.97 Å². The number of methoxy groups -OCH3 is 1. The van der Waals surface area contributed by atoms with Crippen molar-refractivity contribution in [3.05, 3.63) is 12.2 Å². The van der Waals surface area contributed by atoms with Crippen molar-refractivity contribution in [3.8, 4) is 0 Å². The summed E-state index contributed by atoms with van der Waals surface area (Å²) in [6, 6.07) is 0. The number of ether oxygens (including phenoxy) is 1. The number of hydrogen-bond donors (Lipinski definition) is 1. The molecule has 16 heavy (non-hydrogen) atoms. The Labute approximate surface area is 97.5 Å². The Hall–Kier alpha value is -0.830. The maximum atomic E-state index is 11.1. The van der Waals surface area contributed by atoms with Gasteiger partial charge in [0.05, 0.1) is 12.7 Å². The van der Waals surface area contributed by atoms with Gasteiger partial charge < -0.3 is 9.84 Å². The van der Waals surface area contributed by atoms with E-state index in [1.807, 2.05) is 20.8 Å². The molecule has 0 aliphatic heterocycles. The van der Waals surface area contributed by atoms with Crippen molar-refractivity contribution in [3.63, 3.8) is 0 Å². The predicted octanol–water partition coefficient (Wildman–Crippen LogP) is 2.29. The Balaban J connectivity index is 2.93. The molecule has 0 aromatic heterocycles. The van der Waals surface area contributed by atoms with E-state index in [0.29, 0.717) is 0 Å². The van der Waals surface area contributed by atoms with Crippen molar-refractivity contribution in [2.45, 2.75) is 45.6 Å². The summed E-state index contributed by atoms with van der Waals surface area (Å²) < 4.78 is 4.55. The number of esters is 1. The van der Waals surface area contributed by atoms with Crippen LogP contribution < -0.4 is 0 Å². The molecular weight excluding hydrogens is 204 g/mol. The normalized spacial score (nSPS) is 33.9. The van der Waals surface area contributed by atoms with Crippen molar-refractivity contribution in [2.75, 3.05) is 7.11 Å². The molecule has 1 aliphatic carbocycles. The third-order valence-corrected chi connectivity index (χ3v) is 3.95. The molecule has 0 amide bonds. The molecule has 1 N–H and O–H groups in total. The molecule has 1 fully saturated rings. The highest BCUT2D eigenvalue weighted by molar-refractivity contribution is 5.82. The van der Waals surface area contributed by atoms with E-state index in [4.69, 9.17) is 0 Å². The number of aliphatic hydroxyl groups is 1. The molecule has 2 unspecified atom stereocenters. The zero-order valence-corrected chi connectivity index (χ0v) is 10.6. The second kappa shape index (κ2) is 4.58. The van der Waals surface area contributed by atoms with E-state index in [1.165, 1.54) is 13.2 Å². The van der Waals surface area contributed by atoms with Crippen molar-refractivity contribution in [2.24, 2.45) is 11.3 Å². The molecule has 1 saturated carbocycles. The minimum atomic E-state index is -0.917. The van der Waals surface area contributed by atoms with Gasteiger partial charge in [-0.2, -0.15) is 0 Å². The van der Waals surface area contributed by atoms with Crippen LogP contribution in [0, 0.1) is 11.3 Å². The van der Waals surface area contributed by atoms with Crippen molar-refractivity contribution in [1.29, 1.82) is 0 Å². The van der Waals surface area contributed by atoms with Gasteiger partial charge in [-0.1, -0.05) is 27.2 Å². The van der Waals surface area contributed by atoms with Crippen LogP contribution in [0.5, 0.6) is 0 Å². The zero-order chi connectivity index (χ0) is 12.4. The zero-order valence-electron chi connectivity index (χ0n) is 10.6. The van der Waals surface area contributed by atoms with E-state index < -0.39 is 11.6 Å². The van der Waals surface area contributed by atoms with Crippen LogP contribution in [0.1, 0.15) is 40.0 Å². The van der Waals surface area contributed by atoms with Crippen LogP contribution in [0.25, 0.3) is 0 Å². The number of rotatable bonds is 2. The number of carbonyl (C=O) groups is 1. The first kappa shape index (κ1) is 13.2. The van der Waals surface area contributed by atoms with Crippen LogP contribution in [0.3, 0.4) is 0 Å². The third-order valence-electron chi connectivity index (χ3n) is 3.95. The monoisotopic (exact) mass is 226 g/mol. The van der Waals surface area contributed by atoms with Gasteiger partial charge in [0, 0.05) is 6.08 Å². The fourth-order valence-electron chi connectivity index (χ4n) is 2.59. The first-order valence-electron chi connectivity index (χ1n) is 5.83. The maximum absolute atomic E-state index is 11.1. The van der Waals surface area contributed by atoms with E-state index in [9.17, 15) is 9.90 Å². The lowest BCUT2D eigenvalue weighted by Gasteiger charge is -2.48. The SMILES string of the molecule is COC(=O)/C=C/C1(O)C(C)CCCC1(C)C. The molecule has 0 bridgehead atoms. The maximum Gasteiger partial charge on any atom is 0.330 e. The van der Waals surface area contributed by atoms with Crippen molar-refractivity contribution >= 4 is 5.97 Å². The van der Waals surface area contributed by atoms with E-state index in [-0.39, 0.29) is 11.3 Å². The third kappa shape index (κ3) is 2.29. The van der Waals surface area contributed by atoms with Crippen molar-refractivity contribution < 1.29 is 14.6 Å². The lowest BCUT2D eigenvalue weighted by molar-refractivity contribution is -0.135. The molecule has 0 saturated heterocycles. The first-order valence-corrected chi connectivity index (χ1v) is 5.83. The summed E-state index contributed by atoms with van der Waals surface area (Å²) in [5, 5.41) is 10.7. The Kier molecular flexibility index (Phi) is 3.79. The molecule has 0 radical (unpaired) electrons. The van der Waals surface area contributed by atoms with E-state index >= 15 is 0 Å². The summed E-state index contributed by atoms with van der Waals surface area (Å²) in [5.41, 5.74) is -1.12. The van der Waals surface area contributed by atoms with Gasteiger partial charge in [-0.05, 0) is 30.3 Å². The Bertz CT molecular complexity index is 294. The molecule has 2 atom stereocenters. The fourth-order valence-corrected chi connectivity index (χ4v) is 2.59. The largest absolute Gasteiger partial charge is 0.466 e. The van der Waals surface area contributed by atoms with Crippen LogP contribution in [-0.2, 0) is 9.53 Å². The smallest absolute Gasteiger partial charge is 0.330 e. The summed E-state index contributed by atoms with van der Waals surface area (Å²) in [6.07, 6.45) is 6.04. The predicted molar refractivity (Wildman–Crippen MR) is 62.9 cm³/mol. The highest BCUT2D eigenvalue weighted by atomic mass is 16.5. The van der Waals surface area contributed by atoms with Crippen molar-refractivity contribution in [1.82, 2.24) is 0 Å². The van der Waals surface area contributed by atoms with Gasteiger partial charge in [-0.15, -0.1) is 0 Å². The number of carbonyl (C=O) groups excluding carboxylic acids is 1. The molecule has 3 nitrogen and oxygen atoms in total. The highest BCUT2D eigenvalue weighted by Crippen LogP contribution is 2.47. The second-order valence-electron chi connectivity index (χ2n) is 5.36. The molecular formula is C13H22O3. The van der Waals surface area contributed by atoms with Gasteiger partial charge in [0.2, 0.25) is 0 Å². The lowest BCUT2D eigenvalue weighted by Crippen LogP contribution is -2.51. The van der Waals surface area contributed by atoms with Gasteiger partial charge in [-0.25, -0.2) is 4.79 Å². The summed E-state index contributed by atoms with van der Waals surface area (Å²) in [6.45, 7) is 6.12. The number of hydrogen-bond acceptors (Lipinski definition) is 3. The van der Waals surface area contributed by atoms with Gasteiger partial charge in [0.1, 0.15) is 0 Å². The molecule has 1 rings (SSSR count). The van der Waals surface area contributed by atoms with Gasteiger partial charge in [-0.3, -0.25) is 0 Å². The lowest BCUT2D eigenvalue weighted by atomic mass is 9.60. The standard InChI is InChI=1S/C13H22O3/c1-10-6-5-8-12(2,3)13(10,15)9-7-11(14)16-4/h7,9-10,15H,5-6,8H2,1-4H3/b9-7+. The molecule has 0 spiro atoms. The van der Waals surface area contributed by atoms with Crippen LogP contribution in [0.4, 0.5) is 0 Å². The summed E-state index contributed by atoms with van der Waals surface area (Å²) >= 11 is 0. The van der Waals surface area contributed by atoms with Gasteiger partial charge in [0.25, 0.3) is 0 Å². The molecule has 0 aromatic carbocycles. The van der Waals surface area contributed by atoms with Crippen LogP contribution in [0.15, 0.2) is 12.2 Å². The first-order chi connectivity index (χ1) is 7.33.